The SMILES string of the molecule is C=CCN1C(=O)c2[nH]nc(-c3cc(C)cc(C)c3O)c2C1c1ccc(OC)c(OC)c1. The number of amides is 1. The van der Waals surface area contributed by atoms with E-state index in [0.29, 0.717) is 35.0 Å². The van der Waals surface area contributed by atoms with Gasteiger partial charge in [0.05, 0.1) is 20.3 Å². The summed E-state index contributed by atoms with van der Waals surface area (Å²) in [6.07, 6.45) is 1.69. The highest BCUT2D eigenvalue weighted by Gasteiger charge is 2.42. The Balaban J connectivity index is 1.95. The Hall–Kier alpha value is -3.74. The summed E-state index contributed by atoms with van der Waals surface area (Å²) in [4.78, 5) is 14.9. The Bertz CT molecular complexity index is 1180. The molecule has 160 valence electrons. The summed E-state index contributed by atoms with van der Waals surface area (Å²) in [7, 11) is 3.15. The van der Waals surface area contributed by atoms with Crippen molar-refractivity contribution in [1.82, 2.24) is 15.1 Å². The number of nitrogens with one attached hydrogen (secondary N) is 1. The van der Waals surface area contributed by atoms with Gasteiger partial charge in [0.1, 0.15) is 17.1 Å². The second kappa shape index (κ2) is 7.83. The molecule has 7 heteroatoms. The number of phenols is 1. The van der Waals surface area contributed by atoms with Crippen molar-refractivity contribution in [1.29, 1.82) is 0 Å². The first-order valence-corrected chi connectivity index (χ1v) is 9.93. The number of aromatic amines is 1. The lowest BCUT2D eigenvalue weighted by atomic mass is 9.94. The van der Waals surface area contributed by atoms with E-state index in [-0.39, 0.29) is 11.7 Å². The third kappa shape index (κ3) is 3.22. The number of methoxy groups -OCH3 is 2. The van der Waals surface area contributed by atoms with Gasteiger partial charge < -0.3 is 19.5 Å². The zero-order valence-electron chi connectivity index (χ0n) is 18.0. The van der Waals surface area contributed by atoms with Gasteiger partial charge >= 0.3 is 0 Å². The Morgan fingerprint density at radius 2 is 1.94 bits per heavy atom. The number of hydrogen-bond donors (Lipinski definition) is 2. The lowest BCUT2D eigenvalue weighted by molar-refractivity contribution is 0.0764. The molecule has 0 radical (unpaired) electrons. The fourth-order valence-corrected chi connectivity index (χ4v) is 4.24. The van der Waals surface area contributed by atoms with E-state index in [9.17, 15) is 9.90 Å². The molecule has 3 aromatic rings. The fourth-order valence-electron chi connectivity index (χ4n) is 4.24. The fraction of sp³-hybridized carbons (Fsp3) is 0.250. The molecule has 1 amide bonds. The quantitative estimate of drug-likeness (QED) is 0.586. The first-order valence-electron chi connectivity index (χ1n) is 9.93. The van der Waals surface area contributed by atoms with Gasteiger partial charge in [0.15, 0.2) is 11.5 Å². The van der Waals surface area contributed by atoms with Crippen LogP contribution in [0.2, 0.25) is 0 Å². The largest absolute Gasteiger partial charge is 0.507 e. The Kier molecular flexibility index (Phi) is 5.19. The molecular weight excluding hydrogens is 394 g/mol. The van der Waals surface area contributed by atoms with Gasteiger partial charge in [-0.05, 0) is 48.7 Å². The number of ether oxygens (including phenoxy) is 2. The molecule has 1 aliphatic rings. The number of fused-ring (bicyclic) bond motifs is 1. The molecule has 0 bridgehead atoms. The van der Waals surface area contributed by atoms with E-state index < -0.39 is 6.04 Å². The Labute approximate surface area is 180 Å². The lowest BCUT2D eigenvalue weighted by Gasteiger charge is -2.26. The third-order valence-electron chi connectivity index (χ3n) is 5.61. The molecular formula is C24H25N3O4. The molecule has 2 aromatic carbocycles. The number of aromatic hydroxyl groups is 1. The van der Waals surface area contributed by atoms with E-state index >= 15 is 0 Å². The van der Waals surface area contributed by atoms with Crippen LogP contribution in [-0.4, -0.2) is 46.9 Å². The van der Waals surface area contributed by atoms with Crippen LogP contribution in [0.3, 0.4) is 0 Å². The molecule has 7 nitrogen and oxygen atoms in total. The summed E-state index contributed by atoms with van der Waals surface area (Å²) >= 11 is 0. The summed E-state index contributed by atoms with van der Waals surface area (Å²) in [5, 5.41) is 18.1. The van der Waals surface area contributed by atoms with Gasteiger partial charge in [0.2, 0.25) is 0 Å². The third-order valence-corrected chi connectivity index (χ3v) is 5.61. The summed E-state index contributed by atoms with van der Waals surface area (Å²) in [5.74, 6) is 1.15. The predicted octanol–water partition coefficient (Wildman–Crippen LogP) is 4.15. The molecule has 2 heterocycles. The van der Waals surface area contributed by atoms with Crippen LogP contribution in [0.25, 0.3) is 11.3 Å². The molecule has 0 spiro atoms. The second-order valence-corrected chi connectivity index (χ2v) is 7.60. The van der Waals surface area contributed by atoms with Crippen molar-refractivity contribution in [2.24, 2.45) is 0 Å². The number of aromatic nitrogens is 2. The molecule has 1 aliphatic heterocycles. The minimum absolute atomic E-state index is 0.153. The van der Waals surface area contributed by atoms with Gasteiger partial charge in [-0.1, -0.05) is 18.2 Å². The van der Waals surface area contributed by atoms with Crippen LogP contribution in [0, 0.1) is 13.8 Å². The van der Waals surface area contributed by atoms with E-state index in [4.69, 9.17) is 9.47 Å². The van der Waals surface area contributed by atoms with E-state index in [1.807, 2.05) is 44.2 Å². The van der Waals surface area contributed by atoms with Crippen LogP contribution in [0.1, 0.15) is 38.8 Å². The topological polar surface area (TPSA) is 87.7 Å². The van der Waals surface area contributed by atoms with Crippen LogP contribution < -0.4 is 9.47 Å². The van der Waals surface area contributed by atoms with E-state index in [1.54, 1.807) is 25.2 Å². The van der Waals surface area contributed by atoms with Gasteiger partial charge in [-0.2, -0.15) is 5.10 Å². The molecule has 0 aliphatic carbocycles. The van der Waals surface area contributed by atoms with E-state index in [1.165, 1.54) is 0 Å². The number of rotatable bonds is 6. The highest BCUT2D eigenvalue weighted by atomic mass is 16.5. The molecule has 1 aromatic heterocycles. The summed E-state index contributed by atoms with van der Waals surface area (Å²) in [6.45, 7) is 7.98. The Morgan fingerprint density at radius 3 is 2.61 bits per heavy atom. The van der Waals surface area contributed by atoms with Crippen LogP contribution in [0.5, 0.6) is 17.2 Å². The molecule has 1 atom stereocenters. The van der Waals surface area contributed by atoms with Crippen molar-refractivity contribution in [2.75, 3.05) is 20.8 Å². The van der Waals surface area contributed by atoms with Crippen LogP contribution in [0.15, 0.2) is 43.0 Å². The Morgan fingerprint density at radius 1 is 1.19 bits per heavy atom. The van der Waals surface area contributed by atoms with Gasteiger partial charge in [-0.3, -0.25) is 9.89 Å². The van der Waals surface area contributed by atoms with Crippen molar-refractivity contribution in [3.8, 4) is 28.5 Å². The number of nitrogens with zero attached hydrogens (tertiary/aromatic N) is 2. The number of benzene rings is 2. The number of aryl methyl sites for hydroxylation is 2. The number of phenolic OH excluding ortho intramolecular Hbond substituents is 1. The van der Waals surface area contributed by atoms with E-state index in [2.05, 4.69) is 16.8 Å². The van der Waals surface area contributed by atoms with Crippen LogP contribution in [-0.2, 0) is 0 Å². The molecule has 0 saturated carbocycles. The second-order valence-electron chi connectivity index (χ2n) is 7.60. The highest BCUT2D eigenvalue weighted by Crippen LogP contribution is 2.46. The van der Waals surface area contributed by atoms with Crippen molar-refractivity contribution in [3.05, 3.63) is 70.9 Å². The smallest absolute Gasteiger partial charge is 0.273 e. The first-order chi connectivity index (χ1) is 14.9. The molecule has 0 fully saturated rings. The van der Waals surface area contributed by atoms with Gasteiger partial charge in [-0.15, -0.1) is 6.58 Å². The van der Waals surface area contributed by atoms with E-state index in [0.717, 1.165) is 22.3 Å². The lowest BCUT2D eigenvalue weighted by Crippen LogP contribution is -2.29. The van der Waals surface area contributed by atoms with Crippen molar-refractivity contribution < 1.29 is 19.4 Å². The zero-order valence-corrected chi connectivity index (χ0v) is 18.0. The normalized spacial score (nSPS) is 15.2. The predicted molar refractivity (Wildman–Crippen MR) is 118 cm³/mol. The first kappa shape index (κ1) is 20.5. The minimum Gasteiger partial charge on any atom is -0.507 e. The molecule has 0 saturated heterocycles. The van der Waals surface area contributed by atoms with Crippen molar-refractivity contribution >= 4 is 5.91 Å². The zero-order chi connectivity index (χ0) is 22.3. The number of carbonyl (C=O) groups excluding carboxylic acids is 1. The molecule has 31 heavy (non-hydrogen) atoms. The standard InChI is InChI=1S/C24H25N3O4/c1-6-9-27-22(15-7-8-17(30-4)18(12-15)31-5)19-20(25-26-21(19)24(27)29)16-11-13(2)10-14(3)23(16)28/h6-8,10-12,22,28H,1,9H2,2-5H3,(H,25,26). The number of H-pyrrole nitrogens is 1. The van der Waals surface area contributed by atoms with Gasteiger partial charge in [-0.25, -0.2) is 0 Å². The summed E-state index contributed by atoms with van der Waals surface area (Å²) < 4.78 is 10.8. The minimum atomic E-state index is -0.422. The summed E-state index contributed by atoms with van der Waals surface area (Å²) in [6, 6.07) is 8.95. The van der Waals surface area contributed by atoms with Crippen molar-refractivity contribution in [2.45, 2.75) is 19.9 Å². The summed E-state index contributed by atoms with van der Waals surface area (Å²) in [5.41, 5.74) is 4.87. The maximum atomic E-state index is 13.2. The van der Waals surface area contributed by atoms with Crippen LogP contribution in [0.4, 0.5) is 0 Å². The molecule has 2 N–H and O–H groups in total. The number of hydrogen-bond acceptors (Lipinski definition) is 5. The van der Waals surface area contributed by atoms with Crippen LogP contribution >= 0.6 is 0 Å². The average molecular weight is 419 g/mol. The maximum Gasteiger partial charge on any atom is 0.273 e. The highest BCUT2D eigenvalue weighted by molar-refractivity contribution is 6.00. The average Bonchev–Trinajstić information content (AvgIpc) is 3.30. The maximum absolute atomic E-state index is 13.2. The van der Waals surface area contributed by atoms with Gasteiger partial charge in [0.25, 0.3) is 5.91 Å². The van der Waals surface area contributed by atoms with Crippen molar-refractivity contribution in [3.63, 3.8) is 0 Å². The molecule has 1 unspecified atom stereocenters. The number of carbonyl (C=O) groups is 1. The monoisotopic (exact) mass is 419 g/mol. The molecule has 4 rings (SSSR count). The van der Waals surface area contributed by atoms with Gasteiger partial charge in [0, 0.05) is 17.7 Å².